The fraction of sp³-hybridized carbons (Fsp3) is 0.536. The zero-order valence-electron chi connectivity index (χ0n) is 22.6. The minimum atomic E-state index is -2.72. The summed E-state index contributed by atoms with van der Waals surface area (Å²) in [5.41, 5.74) is 1.63. The average molecular weight is 544 g/mol. The number of ketones is 2. The topological polar surface area (TPSA) is 165 Å². The Balaban J connectivity index is 1.69. The molecule has 0 bridgehead atoms. The fourth-order valence-electron chi connectivity index (χ4n) is 6.97. The van der Waals surface area contributed by atoms with Crippen LogP contribution in [0.5, 0.6) is 5.75 Å². The van der Waals surface area contributed by atoms with E-state index in [0.29, 0.717) is 24.1 Å². The van der Waals surface area contributed by atoms with Gasteiger partial charge in [0.05, 0.1) is 11.6 Å². The average Bonchev–Trinajstić information content (AvgIpc) is 2.83. The van der Waals surface area contributed by atoms with Gasteiger partial charge in [-0.05, 0) is 60.0 Å². The number of rotatable bonds is 2. The van der Waals surface area contributed by atoms with Crippen LogP contribution >= 0.6 is 0 Å². The quantitative estimate of drug-likeness (QED) is 0.347. The van der Waals surface area contributed by atoms with E-state index in [-0.39, 0.29) is 47.4 Å². The van der Waals surface area contributed by atoms with E-state index in [1.54, 1.807) is 14.1 Å². The Kier molecular flexibility index (Phi) is 6.02. The molecule has 1 amide bonds. The third-order valence-electron chi connectivity index (χ3n) is 8.96. The van der Waals surface area contributed by atoms with E-state index in [0.717, 1.165) is 0 Å². The van der Waals surface area contributed by atoms with Crippen molar-refractivity contribution in [3.8, 4) is 5.75 Å². The third kappa shape index (κ3) is 3.59. The lowest BCUT2D eigenvalue weighted by molar-refractivity contribution is -0.148. The molecule has 0 aromatic heterocycles. The van der Waals surface area contributed by atoms with E-state index in [4.69, 9.17) is 5.73 Å². The number of fused-ring (bicyclic) bond motifs is 4. The maximum absolute atomic E-state index is 16.1. The van der Waals surface area contributed by atoms with Crippen LogP contribution in [-0.2, 0) is 29.0 Å². The molecule has 1 aromatic carbocycles. The Morgan fingerprint density at radius 2 is 1.77 bits per heavy atom. The minimum absolute atomic E-state index is 0.0279. The fourth-order valence-corrected chi connectivity index (χ4v) is 6.97. The number of nitrogens with zero attached hydrogens (tertiary/aromatic N) is 2. The number of amides is 1. The first-order chi connectivity index (χ1) is 18.0. The molecule has 0 fully saturated rings. The van der Waals surface area contributed by atoms with Crippen LogP contribution in [-0.4, -0.2) is 85.5 Å². The summed E-state index contributed by atoms with van der Waals surface area (Å²) in [5.74, 6) is -7.99. The van der Waals surface area contributed by atoms with Gasteiger partial charge in [-0.15, -0.1) is 0 Å². The lowest BCUT2D eigenvalue weighted by Gasteiger charge is -2.50. The number of aliphatic hydroxyl groups is 3. The number of nitrogens with two attached hydrogens (primary N) is 1. The molecule has 0 saturated carbocycles. The Bertz CT molecular complexity index is 1410. The van der Waals surface area contributed by atoms with Crippen molar-refractivity contribution in [1.82, 2.24) is 9.80 Å². The number of benzene rings is 1. The number of phenolic OH excluding ortho intramolecular Hbond substituents is 1. The summed E-state index contributed by atoms with van der Waals surface area (Å²) in [6, 6.07) is -1.10. The predicted molar refractivity (Wildman–Crippen MR) is 137 cm³/mol. The van der Waals surface area contributed by atoms with Gasteiger partial charge in [-0.3, -0.25) is 24.2 Å². The van der Waals surface area contributed by atoms with Gasteiger partial charge in [-0.1, -0.05) is 0 Å². The van der Waals surface area contributed by atoms with Crippen molar-refractivity contribution in [3.63, 3.8) is 0 Å². The molecule has 1 aromatic rings. The molecule has 11 heteroatoms. The number of likely N-dealkylation sites (N-methyl/N-ethyl adjacent to an activating group) is 1. The van der Waals surface area contributed by atoms with E-state index >= 15 is 4.39 Å². The number of Topliss-reactive ketones (excluding diaryl/α,β-unsaturated/α-hetero) is 2. The van der Waals surface area contributed by atoms with E-state index in [2.05, 4.69) is 4.90 Å². The number of aromatic hydroxyl groups is 1. The van der Waals surface area contributed by atoms with Crippen LogP contribution in [0.25, 0.3) is 0 Å². The Morgan fingerprint density at radius 3 is 2.33 bits per heavy atom. The summed E-state index contributed by atoms with van der Waals surface area (Å²) in [6.45, 7) is 6.84. The molecule has 4 aliphatic rings. The maximum Gasteiger partial charge on any atom is 0.255 e. The summed E-state index contributed by atoms with van der Waals surface area (Å²) < 4.78 is 16.1. The number of primary amides is 1. The maximum atomic E-state index is 16.1. The van der Waals surface area contributed by atoms with E-state index in [1.807, 2.05) is 20.8 Å². The van der Waals surface area contributed by atoms with Gasteiger partial charge in [0, 0.05) is 46.8 Å². The van der Waals surface area contributed by atoms with Crippen molar-refractivity contribution in [1.29, 1.82) is 0 Å². The number of aliphatic hydroxyl groups excluding tert-OH is 2. The van der Waals surface area contributed by atoms with E-state index in [9.17, 15) is 34.8 Å². The second kappa shape index (κ2) is 8.61. The largest absolute Gasteiger partial charge is 0.510 e. The lowest BCUT2D eigenvalue weighted by Crippen LogP contribution is -2.63. The van der Waals surface area contributed by atoms with Gasteiger partial charge in [0.25, 0.3) is 5.91 Å². The van der Waals surface area contributed by atoms with Gasteiger partial charge in [-0.2, -0.15) is 0 Å². The highest BCUT2D eigenvalue weighted by Crippen LogP contribution is 2.53. The normalized spacial score (nSPS) is 29.3. The van der Waals surface area contributed by atoms with Crippen LogP contribution in [0.15, 0.2) is 22.7 Å². The highest BCUT2D eigenvalue weighted by Gasteiger charge is 2.63. The molecule has 0 radical (unpaired) electrons. The smallest absolute Gasteiger partial charge is 0.255 e. The predicted octanol–water partition coefficient (Wildman–Crippen LogP) is 1.42. The first-order valence-corrected chi connectivity index (χ1v) is 13.0. The molecule has 0 saturated heterocycles. The number of carbonyl (C=O) groups is 3. The van der Waals surface area contributed by atoms with Gasteiger partial charge in [-0.25, -0.2) is 4.39 Å². The number of carbonyl (C=O) groups excluding carboxylic acids is 3. The number of hydrogen-bond acceptors (Lipinski definition) is 9. The molecule has 0 unspecified atom stereocenters. The summed E-state index contributed by atoms with van der Waals surface area (Å²) in [7, 11) is 3.11. The van der Waals surface area contributed by atoms with Crippen molar-refractivity contribution >= 4 is 17.5 Å². The van der Waals surface area contributed by atoms with Crippen LogP contribution in [0.1, 0.15) is 54.2 Å². The molecule has 1 aliphatic heterocycles. The molecule has 210 valence electrons. The molecular formula is C28H34FN3O7. The molecule has 1 heterocycles. The molecule has 3 aliphatic carbocycles. The molecule has 5 rings (SSSR count). The number of allylic oxidation sites excluding steroid dienone is 1. The van der Waals surface area contributed by atoms with Gasteiger partial charge >= 0.3 is 0 Å². The molecule has 0 spiro atoms. The Hall–Kier alpha value is -3.28. The van der Waals surface area contributed by atoms with Gasteiger partial charge in [0.15, 0.2) is 11.4 Å². The first-order valence-electron chi connectivity index (χ1n) is 13.0. The zero-order chi connectivity index (χ0) is 28.9. The molecule has 4 atom stereocenters. The second-order valence-corrected chi connectivity index (χ2v) is 12.3. The SMILES string of the molecule is CN(C)[C@@H]1C(O)=C(C(N)=O)C(=O)[C@@]2(O)C(O)=C3C(=O)c4c(O)c5c(c(F)c4C[C@H]3C[C@@H]12)CN(C(C)(C)C)CC5. The molecular weight excluding hydrogens is 509 g/mol. The second-order valence-electron chi connectivity index (χ2n) is 12.3. The van der Waals surface area contributed by atoms with Crippen LogP contribution in [0.2, 0.25) is 0 Å². The number of hydrogen-bond donors (Lipinski definition) is 5. The van der Waals surface area contributed by atoms with E-state index in [1.165, 1.54) is 4.90 Å². The van der Waals surface area contributed by atoms with Crippen molar-refractivity contribution in [2.24, 2.45) is 17.6 Å². The minimum Gasteiger partial charge on any atom is -0.510 e. The molecule has 6 N–H and O–H groups in total. The number of phenols is 1. The standard InChI is InChI=1S/C28H34FN3O7/c1-27(2,3)32-7-6-12-14(10-32)19(29)13-8-11-9-15-20(31(4)5)23(35)18(26(30)38)25(37)28(15,39)24(36)16(11)22(34)17(13)21(12)33/h11,15,20,33,35-36,39H,6-10H2,1-5H3,(H2,30,38)/t11-,15-,20-,28-/m0/s1. The lowest BCUT2D eigenvalue weighted by atomic mass is 9.58. The molecule has 10 nitrogen and oxygen atoms in total. The van der Waals surface area contributed by atoms with Crippen LogP contribution in [0.3, 0.4) is 0 Å². The first kappa shape index (κ1) is 27.3. The summed E-state index contributed by atoms with van der Waals surface area (Å²) in [5, 5.41) is 45.1. The summed E-state index contributed by atoms with van der Waals surface area (Å²) in [6.07, 6.45) is 0.152. The number of halogens is 1. The Morgan fingerprint density at radius 1 is 1.13 bits per heavy atom. The zero-order valence-corrected chi connectivity index (χ0v) is 22.6. The van der Waals surface area contributed by atoms with Crippen molar-refractivity contribution in [3.05, 3.63) is 50.7 Å². The van der Waals surface area contributed by atoms with Crippen molar-refractivity contribution in [2.45, 2.75) is 63.8 Å². The third-order valence-corrected chi connectivity index (χ3v) is 8.96. The van der Waals surface area contributed by atoms with Crippen LogP contribution in [0.4, 0.5) is 4.39 Å². The van der Waals surface area contributed by atoms with Gasteiger partial charge in [0.1, 0.15) is 28.7 Å². The van der Waals surface area contributed by atoms with Crippen LogP contribution < -0.4 is 5.73 Å². The highest BCUT2D eigenvalue weighted by molar-refractivity contribution is 6.24. The summed E-state index contributed by atoms with van der Waals surface area (Å²) >= 11 is 0. The van der Waals surface area contributed by atoms with Crippen molar-refractivity contribution in [2.75, 3.05) is 20.6 Å². The van der Waals surface area contributed by atoms with Gasteiger partial charge in [0.2, 0.25) is 5.78 Å². The summed E-state index contributed by atoms with van der Waals surface area (Å²) in [4.78, 5) is 42.8. The monoisotopic (exact) mass is 543 g/mol. The Labute approximate surface area is 225 Å². The van der Waals surface area contributed by atoms with Gasteiger partial charge < -0.3 is 26.2 Å². The van der Waals surface area contributed by atoms with Crippen molar-refractivity contribution < 1.29 is 39.2 Å². The molecule has 39 heavy (non-hydrogen) atoms. The van der Waals surface area contributed by atoms with Crippen LogP contribution in [0, 0.1) is 17.7 Å². The van der Waals surface area contributed by atoms with E-state index < -0.39 is 63.9 Å². The highest BCUT2D eigenvalue weighted by atomic mass is 19.1.